The topological polar surface area (TPSA) is 78.7 Å². The molecule has 1 saturated heterocycles. The number of amides is 1. The number of hydrogen-bond donors (Lipinski definition) is 1. The highest BCUT2D eigenvalue weighted by Gasteiger charge is 2.26. The van der Waals surface area contributed by atoms with Crippen molar-refractivity contribution in [3.05, 3.63) is 69.8 Å². The van der Waals surface area contributed by atoms with Gasteiger partial charge >= 0.3 is 0 Å². The van der Waals surface area contributed by atoms with Crippen LogP contribution in [0.5, 0.6) is 0 Å². The van der Waals surface area contributed by atoms with Crippen LogP contribution >= 0.6 is 0 Å². The van der Waals surface area contributed by atoms with E-state index in [0.29, 0.717) is 17.7 Å². The van der Waals surface area contributed by atoms with Gasteiger partial charge in [0.25, 0.3) is 5.69 Å². The first-order valence-corrected chi connectivity index (χ1v) is 10.5. The number of nitrogens with zero attached hydrogens (tertiary/aromatic N) is 3. The number of hydrazine groups is 1. The summed E-state index contributed by atoms with van der Waals surface area (Å²) in [4.78, 5) is 26.1. The maximum Gasteiger partial charge on any atom is 0.285 e. The Morgan fingerprint density at radius 1 is 1.29 bits per heavy atom. The van der Waals surface area contributed by atoms with E-state index < -0.39 is 4.92 Å². The Bertz CT molecular complexity index is 987. The molecule has 2 aromatic carbocycles. The molecule has 1 N–H and O–H groups in total. The van der Waals surface area contributed by atoms with Crippen molar-refractivity contribution in [3.63, 3.8) is 0 Å². The van der Waals surface area contributed by atoms with Crippen LogP contribution in [0.15, 0.2) is 42.5 Å². The smallest absolute Gasteiger partial charge is 0.285 e. The molecule has 0 aliphatic carbocycles. The number of nitro benzene ring substituents is 1. The molecule has 7 nitrogen and oxygen atoms in total. The molecule has 0 spiro atoms. The zero-order valence-corrected chi connectivity index (χ0v) is 18.5. The van der Waals surface area contributed by atoms with Crippen LogP contribution in [0.25, 0.3) is 17.2 Å². The molecular formula is C24H29N4O3. The van der Waals surface area contributed by atoms with Gasteiger partial charge < -0.3 is 4.90 Å². The summed E-state index contributed by atoms with van der Waals surface area (Å²) in [6.45, 7) is 8.25. The van der Waals surface area contributed by atoms with Crippen molar-refractivity contribution in [1.82, 2.24) is 15.3 Å². The van der Waals surface area contributed by atoms with E-state index in [2.05, 4.69) is 30.3 Å². The van der Waals surface area contributed by atoms with Gasteiger partial charge in [0, 0.05) is 31.8 Å². The fourth-order valence-electron chi connectivity index (χ4n) is 4.04. The van der Waals surface area contributed by atoms with Crippen LogP contribution in [0.4, 0.5) is 5.69 Å². The largest absolute Gasteiger partial charge is 0.334 e. The lowest BCUT2D eigenvalue weighted by Crippen LogP contribution is -2.56. The van der Waals surface area contributed by atoms with Crippen LogP contribution in [-0.4, -0.2) is 53.5 Å². The molecule has 1 amide bonds. The molecule has 7 heteroatoms. The molecule has 1 unspecified atom stereocenters. The van der Waals surface area contributed by atoms with Gasteiger partial charge in [0.2, 0.25) is 5.91 Å². The average molecular weight is 422 g/mol. The maximum atomic E-state index is 12.9. The molecule has 0 bridgehead atoms. The van der Waals surface area contributed by atoms with Crippen molar-refractivity contribution in [1.29, 1.82) is 0 Å². The van der Waals surface area contributed by atoms with Crippen LogP contribution < -0.4 is 5.43 Å². The van der Waals surface area contributed by atoms with Gasteiger partial charge in [0.05, 0.1) is 16.6 Å². The third-order valence-corrected chi connectivity index (χ3v) is 5.68. The Morgan fingerprint density at radius 3 is 2.68 bits per heavy atom. The van der Waals surface area contributed by atoms with Gasteiger partial charge in [-0.25, -0.2) is 5.01 Å². The second kappa shape index (κ2) is 9.85. The van der Waals surface area contributed by atoms with E-state index in [1.54, 1.807) is 12.1 Å². The predicted molar refractivity (Wildman–Crippen MR) is 122 cm³/mol. The highest BCUT2D eigenvalue weighted by atomic mass is 16.6. The van der Waals surface area contributed by atoms with Gasteiger partial charge in [-0.1, -0.05) is 44.2 Å². The minimum atomic E-state index is -0.412. The quantitative estimate of drug-likeness (QED) is 0.435. The van der Waals surface area contributed by atoms with E-state index in [1.165, 1.54) is 12.1 Å². The number of carbonyl (C=O) groups excluding carboxylic acids is 1. The van der Waals surface area contributed by atoms with E-state index in [0.717, 1.165) is 24.2 Å². The van der Waals surface area contributed by atoms with E-state index in [-0.39, 0.29) is 23.6 Å². The molecule has 0 aromatic heterocycles. The SMILES string of the molecule is CNN1CCN(C(=O)/C=C/c2cc[c]c([N+](=O)[O-])c2-c2ccccc2C(C)C)C(C)C1. The van der Waals surface area contributed by atoms with Gasteiger partial charge in [0.15, 0.2) is 0 Å². The van der Waals surface area contributed by atoms with E-state index in [1.807, 2.05) is 43.1 Å². The Balaban J connectivity index is 1.99. The first kappa shape index (κ1) is 22.7. The van der Waals surface area contributed by atoms with Crippen LogP contribution in [0.1, 0.15) is 37.8 Å². The summed E-state index contributed by atoms with van der Waals surface area (Å²) in [6, 6.07) is 13.8. The number of benzene rings is 2. The highest BCUT2D eigenvalue weighted by molar-refractivity contribution is 5.94. The van der Waals surface area contributed by atoms with Gasteiger partial charge in [-0.3, -0.25) is 20.3 Å². The lowest BCUT2D eigenvalue weighted by Gasteiger charge is -2.38. The second-order valence-electron chi connectivity index (χ2n) is 8.04. The molecule has 1 radical (unpaired) electrons. The zero-order valence-electron chi connectivity index (χ0n) is 18.5. The van der Waals surface area contributed by atoms with Gasteiger partial charge in [0.1, 0.15) is 0 Å². The zero-order chi connectivity index (χ0) is 22.5. The van der Waals surface area contributed by atoms with E-state index >= 15 is 0 Å². The van der Waals surface area contributed by atoms with Crippen molar-refractivity contribution < 1.29 is 9.72 Å². The van der Waals surface area contributed by atoms with Crippen LogP contribution in [0.2, 0.25) is 0 Å². The standard InChI is InChI=1S/C24H29N4O3/c1-17(2)20-9-5-6-10-21(20)24-19(8-7-11-22(24)28(30)31)12-13-23(29)27-15-14-26(25-4)16-18(27)3/h5-10,12-13,17-18,25H,14-16H2,1-4H3/b13-12+. The van der Waals surface area contributed by atoms with Crippen molar-refractivity contribution in [3.8, 4) is 11.1 Å². The van der Waals surface area contributed by atoms with Crippen LogP contribution in [0, 0.1) is 16.2 Å². The van der Waals surface area contributed by atoms with E-state index in [9.17, 15) is 14.9 Å². The molecule has 1 fully saturated rings. The molecule has 163 valence electrons. The van der Waals surface area contributed by atoms with E-state index in [4.69, 9.17) is 0 Å². The molecule has 2 aromatic rings. The van der Waals surface area contributed by atoms with Crippen molar-refractivity contribution in [2.75, 3.05) is 26.7 Å². The maximum absolute atomic E-state index is 12.9. The minimum Gasteiger partial charge on any atom is -0.334 e. The summed E-state index contributed by atoms with van der Waals surface area (Å²) in [5.41, 5.74) is 5.97. The summed E-state index contributed by atoms with van der Waals surface area (Å²) in [5.74, 6) is 0.0978. The van der Waals surface area contributed by atoms with Gasteiger partial charge in [-0.05, 0) is 48.7 Å². The fourth-order valence-corrected chi connectivity index (χ4v) is 4.04. The Labute approximate surface area is 183 Å². The van der Waals surface area contributed by atoms with Crippen molar-refractivity contribution in [2.24, 2.45) is 0 Å². The summed E-state index contributed by atoms with van der Waals surface area (Å²) >= 11 is 0. The second-order valence-corrected chi connectivity index (χ2v) is 8.04. The number of nitrogens with one attached hydrogen (secondary N) is 1. The number of carbonyl (C=O) groups is 1. The minimum absolute atomic E-state index is 0.0675. The third-order valence-electron chi connectivity index (χ3n) is 5.68. The monoisotopic (exact) mass is 421 g/mol. The summed E-state index contributed by atoms with van der Waals surface area (Å²) < 4.78 is 0. The normalized spacial score (nSPS) is 17.5. The summed E-state index contributed by atoms with van der Waals surface area (Å²) in [6.07, 6.45) is 3.21. The molecule has 1 aliphatic rings. The lowest BCUT2D eigenvalue weighted by atomic mass is 9.89. The third kappa shape index (κ3) is 5.00. The summed E-state index contributed by atoms with van der Waals surface area (Å²) in [7, 11) is 1.87. The van der Waals surface area contributed by atoms with Crippen molar-refractivity contribution >= 4 is 17.7 Å². The molecule has 1 heterocycles. The molecule has 1 atom stereocenters. The molecule has 3 rings (SSSR count). The fraction of sp³-hybridized carbons (Fsp3) is 0.375. The van der Waals surface area contributed by atoms with Crippen LogP contribution in [-0.2, 0) is 4.79 Å². The first-order valence-electron chi connectivity index (χ1n) is 10.5. The number of hydrogen-bond acceptors (Lipinski definition) is 5. The molecule has 31 heavy (non-hydrogen) atoms. The number of rotatable bonds is 6. The lowest BCUT2D eigenvalue weighted by molar-refractivity contribution is -0.384. The highest BCUT2D eigenvalue weighted by Crippen LogP contribution is 2.38. The Morgan fingerprint density at radius 2 is 2.03 bits per heavy atom. The number of nitro groups is 1. The molecule has 0 saturated carbocycles. The summed E-state index contributed by atoms with van der Waals surface area (Å²) in [5, 5.41) is 13.9. The first-order chi connectivity index (χ1) is 14.8. The Kier molecular flexibility index (Phi) is 7.20. The Hall–Kier alpha value is -3.03. The number of piperazine rings is 1. The predicted octanol–water partition coefficient (Wildman–Crippen LogP) is 3.87. The van der Waals surface area contributed by atoms with Gasteiger partial charge in [-0.15, -0.1) is 0 Å². The van der Waals surface area contributed by atoms with Gasteiger partial charge in [-0.2, -0.15) is 0 Å². The van der Waals surface area contributed by atoms with Crippen molar-refractivity contribution in [2.45, 2.75) is 32.7 Å². The van der Waals surface area contributed by atoms with Crippen LogP contribution in [0.3, 0.4) is 0 Å². The molecule has 1 aliphatic heterocycles. The molecular weight excluding hydrogens is 392 g/mol. The average Bonchev–Trinajstić information content (AvgIpc) is 2.76.